The highest BCUT2D eigenvalue weighted by atomic mass is 16.5. The molecule has 0 aliphatic heterocycles. The van der Waals surface area contributed by atoms with Crippen LogP contribution in [0.4, 0.5) is 0 Å². The summed E-state index contributed by atoms with van der Waals surface area (Å²) >= 11 is 0. The van der Waals surface area contributed by atoms with Gasteiger partial charge in [-0.2, -0.15) is 0 Å². The molecule has 5 heteroatoms. The van der Waals surface area contributed by atoms with Gasteiger partial charge in [-0.3, -0.25) is 9.59 Å². The minimum atomic E-state index is -0.318. The van der Waals surface area contributed by atoms with Gasteiger partial charge in [-0.25, -0.2) is 0 Å². The van der Waals surface area contributed by atoms with E-state index in [-0.39, 0.29) is 12.1 Å². The summed E-state index contributed by atoms with van der Waals surface area (Å²) in [6.45, 7) is 5.67. The fraction of sp³-hybridized carbons (Fsp3) is 0.846. The predicted octanol–water partition coefficient (Wildman–Crippen LogP) is 2.44. The van der Waals surface area contributed by atoms with Gasteiger partial charge >= 0.3 is 0 Å². The Labute approximate surface area is 111 Å². The first-order valence-electron chi connectivity index (χ1n) is 6.17. The van der Waals surface area contributed by atoms with Crippen LogP contribution in [0.15, 0.2) is 0 Å². The lowest BCUT2D eigenvalue weighted by Gasteiger charge is -2.14. The van der Waals surface area contributed by atoms with Gasteiger partial charge in [-0.15, -0.1) is 0 Å². The minimum absolute atomic E-state index is 0.250. The molecular weight excluding hydrogens is 234 g/mol. The quantitative estimate of drug-likeness (QED) is 0.711. The maximum Gasteiger partial charge on any atom is 0.293 e. The smallest absolute Gasteiger partial charge is 0.293 e. The average Bonchev–Trinajstić information content (AvgIpc) is 2.75. The van der Waals surface area contributed by atoms with Crippen LogP contribution in [-0.2, 0) is 14.3 Å². The van der Waals surface area contributed by atoms with Crippen LogP contribution in [0.25, 0.3) is 0 Å². The summed E-state index contributed by atoms with van der Waals surface area (Å²) in [5.74, 6) is 0. The Morgan fingerprint density at radius 3 is 1.28 bits per heavy atom. The fourth-order valence-corrected chi connectivity index (χ4v) is 1.03. The lowest BCUT2D eigenvalue weighted by Crippen LogP contribution is -2.17. The Morgan fingerprint density at radius 1 is 1.00 bits per heavy atom. The van der Waals surface area contributed by atoms with E-state index in [0.29, 0.717) is 6.47 Å². The van der Waals surface area contributed by atoms with Crippen LogP contribution in [0.2, 0.25) is 0 Å². The molecule has 1 fully saturated rings. The molecule has 1 aliphatic carbocycles. The number of ether oxygens (including phenoxy) is 1. The molecule has 2 N–H and O–H groups in total. The molecule has 0 unspecified atom stereocenters. The zero-order valence-electron chi connectivity index (χ0n) is 12.4. The van der Waals surface area contributed by atoms with E-state index in [1.165, 1.54) is 32.1 Å². The number of hydrogen-bond donors (Lipinski definition) is 2. The molecule has 1 rings (SSSR count). The first-order valence-corrected chi connectivity index (χ1v) is 6.17. The number of hydrogen-bond acceptors (Lipinski definition) is 4. The lowest BCUT2D eigenvalue weighted by molar-refractivity contribution is -0.138. The Kier molecular flexibility index (Phi) is 22.4. The highest BCUT2D eigenvalue weighted by Crippen LogP contribution is 2.15. The van der Waals surface area contributed by atoms with Gasteiger partial charge in [-0.05, 0) is 34.9 Å². The van der Waals surface area contributed by atoms with Gasteiger partial charge in [0.1, 0.15) is 5.60 Å². The molecule has 0 amide bonds. The van der Waals surface area contributed by atoms with Crippen molar-refractivity contribution in [1.82, 2.24) is 5.32 Å². The largest absolute Gasteiger partial charge is 0.483 e. The van der Waals surface area contributed by atoms with E-state index in [9.17, 15) is 4.79 Å². The molecule has 5 nitrogen and oxygen atoms in total. The van der Waals surface area contributed by atoms with Gasteiger partial charge in [0.05, 0.1) is 0 Å². The van der Waals surface area contributed by atoms with E-state index in [1.54, 1.807) is 0 Å². The maximum absolute atomic E-state index is 9.60. The van der Waals surface area contributed by atoms with Crippen molar-refractivity contribution in [2.24, 2.45) is 0 Å². The number of carboxylic acid groups (broad SMARTS) is 1. The molecule has 110 valence electrons. The highest BCUT2D eigenvalue weighted by molar-refractivity contribution is 5.37. The lowest BCUT2D eigenvalue weighted by atomic mass is 10.2. The van der Waals surface area contributed by atoms with Gasteiger partial charge in [0.15, 0.2) is 0 Å². The molecule has 0 aromatic carbocycles. The first-order chi connectivity index (χ1) is 8.39. The third kappa shape index (κ3) is 46.1. The summed E-state index contributed by atoms with van der Waals surface area (Å²) in [5, 5.41) is 9.64. The molecule has 0 heterocycles. The van der Waals surface area contributed by atoms with Gasteiger partial charge in [-0.1, -0.05) is 32.1 Å². The van der Waals surface area contributed by atoms with Gasteiger partial charge in [0.25, 0.3) is 12.9 Å². The van der Waals surface area contributed by atoms with E-state index >= 15 is 0 Å². The topological polar surface area (TPSA) is 75.6 Å². The van der Waals surface area contributed by atoms with Crippen molar-refractivity contribution in [3.8, 4) is 0 Å². The molecule has 18 heavy (non-hydrogen) atoms. The number of rotatable bonds is 1. The zero-order valence-corrected chi connectivity index (χ0v) is 12.4. The molecular formula is C13H29NO4. The maximum atomic E-state index is 9.60. The van der Waals surface area contributed by atoms with E-state index in [0.717, 1.165) is 0 Å². The SMILES string of the molecule is C1CCCC1.CC(C)(C)OC=O.CNC.O=CO. The summed E-state index contributed by atoms with van der Waals surface area (Å²) in [4.78, 5) is 18.0. The van der Waals surface area contributed by atoms with Crippen LogP contribution in [0, 0.1) is 0 Å². The van der Waals surface area contributed by atoms with Crippen molar-refractivity contribution < 1.29 is 19.4 Å². The molecule has 0 saturated heterocycles. The Bertz CT molecular complexity index is 155. The van der Waals surface area contributed by atoms with Gasteiger partial charge in [0, 0.05) is 0 Å². The third-order valence-corrected chi connectivity index (χ3v) is 1.65. The third-order valence-electron chi connectivity index (χ3n) is 1.65. The van der Waals surface area contributed by atoms with E-state index in [4.69, 9.17) is 9.90 Å². The van der Waals surface area contributed by atoms with E-state index < -0.39 is 0 Å². The van der Waals surface area contributed by atoms with Crippen LogP contribution in [-0.4, -0.2) is 37.7 Å². The summed E-state index contributed by atoms with van der Waals surface area (Å²) < 4.78 is 4.55. The molecule has 0 aromatic heterocycles. The summed E-state index contributed by atoms with van der Waals surface area (Å²) in [6, 6.07) is 0. The molecule has 1 saturated carbocycles. The Hall–Kier alpha value is -1.10. The van der Waals surface area contributed by atoms with Crippen molar-refractivity contribution in [3.05, 3.63) is 0 Å². The summed E-state index contributed by atoms with van der Waals surface area (Å²) in [7, 11) is 3.75. The van der Waals surface area contributed by atoms with Crippen molar-refractivity contribution in [2.75, 3.05) is 14.1 Å². The molecule has 1 aliphatic rings. The standard InChI is InChI=1S/C5H10O2.C5H10.C2H7N.CH2O2/c1-5(2,3)7-4-6;1-2-4-5-3-1;1-3-2;2-1-3/h4H,1-3H3;1-5H2;3H,1-2H3;1H,(H,2,3). The van der Waals surface area contributed by atoms with Gasteiger partial charge in [0.2, 0.25) is 0 Å². The monoisotopic (exact) mass is 263 g/mol. The van der Waals surface area contributed by atoms with Crippen molar-refractivity contribution >= 4 is 12.9 Å². The average molecular weight is 263 g/mol. The second kappa shape index (κ2) is 18.3. The zero-order chi connectivity index (χ0) is 14.9. The van der Waals surface area contributed by atoms with Crippen molar-refractivity contribution in [1.29, 1.82) is 0 Å². The predicted molar refractivity (Wildman–Crippen MR) is 73.7 cm³/mol. The summed E-state index contributed by atoms with van der Waals surface area (Å²) in [5.41, 5.74) is -0.318. The van der Waals surface area contributed by atoms with Crippen molar-refractivity contribution in [3.63, 3.8) is 0 Å². The van der Waals surface area contributed by atoms with Crippen LogP contribution in [0.3, 0.4) is 0 Å². The van der Waals surface area contributed by atoms with E-state index in [1.807, 2.05) is 34.9 Å². The Morgan fingerprint density at radius 2 is 1.22 bits per heavy atom. The molecule has 0 bridgehead atoms. The normalized spacial score (nSPS) is 12.5. The van der Waals surface area contributed by atoms with Crippen LogP contribution >= 0.6 is 0 Å². The molecule has 0 aromatic rings. The van der Waals surface area contributed by atoms with E-state index in [2.05, 4.69) is 10.1 Å². The first kappa shape index (κ1) is 22.1. The summed E-state index contributed by atoms with van der Waals surface area (Å²) in [6.07, 6.45) is 7.50. The second-order valence-corrected chi connectivity index (χ2v) is 4.70. The number of carbonyl (C=O) groups is 2. The van der Waals surface area contributed by atoms with Gasteiger partial charge < -0.3 is 15.2 Å². The fourth-order valence-electron chi connectivity index (χ4n) is 1.03. The number of nitrogens with one attached hydrogen (secondary N) is 1. The van der Waals surface area contributed by atoms with Crippen LogP contribution in [0.5, 0.6) is 0 Å². The number of carbonyl (C=O) groups excluding carboxylic acids is 1. The van der Waals surface area contributed by atoms with Crippen molar-refractivity contribution in [2.45, 2.75) is 58.5 Å². The van der Waals surface area contributed by atoms with Crippen LogP contribution < -0.4 is 5.32 Å². The highest BCUT2D eigenvalue weighted by Gasteiger charge is 2.07. The second-order valence-electron chi connectivity index (χ2n) is 4.70. The molecule has 0 spiro atoms. The Balaban J connectivity index is -0.000000180. The van der Waals surface area contributed by atoms with Crippen LogP contribution in [0.1, 0.15) is 52.9 Å². The minimum Gasteiger partial charge on any atom is -0.483 e. The molecule has 0 atom stereocenters. The molecule has 0 radical (unpaired) electrons.